The van der Waals surface area contributed by atoms with E-state index < -0.39 is 11.7 Å². The summed E-state index contributed by atoms with van der Waals surface area (Å²) in [5.41, 5.74) is 1.03. The zero-order valence-corrected chi connectivity index (χ0v) is 8.56. The molecule has 0 bridgehead atoms. The monoisotopic (exact) mass is 214 g/mol. The maximum atomic E-state index is 13.2. The minimum atomic E-state index is -2.80. The molecule has 0 amide bonds. The summed E-state index contributed by atoms with van der Waals surface area (Å²) in [5, 5.41) is 0. The van der Waals surface area contributed by atoms with Crippen LogP contribution in [-0.4, -0.2) is 5.92 Å². The van der Waals surface area contributed by atoms with E-state index in [9.17, 15) is 13.2 Å². The largest absolute Gasteiger partial charge is 0.255 e. The van der Waals surface area contributed by atoms with Crippen LogP contribution in [0.25, 0.3) is 0 Å². The topological polar surface area (TPSA) is 0 Å². The Kier molecular flexibility index (Phi) is 3.56. The van der Waals surface area contributed by atoms with Crippen molar-refractivity contribution < 1.29 is 13.2 Å². The third-order valence-corrected chi connectivity index (χ3v) is 2.20. The van der Waals surface area contributed by atoms with E-state index in [1.165, 1.54) is 24.3 Å². The van der Waals surface area contributed by atoms with Gasteiger partial charge in [0.2, 0.25) is 0 Å². The highest BCUT2D eigenvalue weighted by Crippen LogP contribution is 2.26. The molecule has 0 nitrogen and oxygen atoms in total. The van der Waals surface area contributed by atoms with E-state index in [1.54, 1.807) is 6.92 Å². The van der Waals surface area contributed by atoms with Gasteiger partial charge in [-0.15, -0.1) is 6.58 Å². The summed E-state index contributed by atoms with van der Waals surface area (Å²) in [4.78, 5) is 0. The van der Waals surface area contributed by atoms with Gasteiger partial charge in [-0.2, -0.15) is 0 Å². The number of benzene rings is 1. The smallest absolute Gasteiger partial charge is 0.207 e. The van der Waals surface area contributed by atoms with Gasteiger partial charge >= 0.3 is 0 Å². The van der Waals surface area contributed by atoms with Gasteiger partial charge in [-0.1, -0.05) is 12.1 Å². The van der Waals surface area contributed by atoms with Crippen LogP contribution in [0.1, 0.15) is 17.5 Å². The zero-order chi connectivity index (χ0) is 11.5. The van der Waals surface area contributed by atoms with E-state index in [1.807, 2.05) is 0 Å². The normalized spacial score (nSPS) is 11.5. The molecule has 0 unspecified atom stereocenters. The number of alkyl halides is 2. The van der Waals surface area contributed by atoms with Crippen LogP contribution in [-0.2, 0) is 6.42 Å². The lowest BCUT2D eigenvalue weighted by molar-refractivity contribution is 0.00482. The van der Waals surface area contributed by atoms with Crippen molar-refractivity contribution in [2.45, 2.75) is 25.7 Å². The highest BCUT2D eigenvalue weighted by atomic mass is 19.3. The van der Waals surface area contributed by atoms with Crippen LogP contribution in [0, 0.1) is 12.7 Å². The molecular weight excluding hydrogens is 201 g/mol. The highest BCUT2D eigenvalue weighted by molar-refractivity contribution is 5.27. The van der Waals surface area contributed by atoms with E-state index in [4.69, 9.17) is 0 Å². The molecule has 82 valence electrons. The van der Waals surface area contributed by atoms with Crippen LogP contribution in [0.5, 0.6) is 0 Å². The molecule has 15 heavy (non-hydrogen) atoms. The lowest BCUT2D eigenvalue weighted by Crippen LogP contribution is -2.19. The molecular formula is C12H13F3. The molecule has 0 spiro atoms. The van der Waals surface area contributed by atoms with Crippen molar-refractivity contribution in [3.8, 4) is 0 Å². The molecule has 3 heteroatoms. The quantitative estimate of drug-likeness (QED) is 0.667. The Morgan fingerprint density at radius 3 is 2.60 bits per heavy atom. The molecule has 1 aromatic rings. The van der Waals surface area contributed by atoms with Crippen LogP contribution in [0.15, 0.2) is 30.9 Å². The lowest BCUT2D eigenvalue weighted by atomic mass is 10.0. The van der Waals surface area contributed by atoms with Gasteiger partial charge in [0.15, 0.2) is 0 Å². The Morgan fingerprint density at radius 1 is 1.40 bits per heavy atom. The second-order valence-corrected chi connectivity index (χ2v) is 3.60. The molecule has 0 saturated carbocycles. The molecule has 1 aromatic carbocycles. The van der Waals surface area contributed by atoms with Gasteiger partial charge in [-0.3, -0.25) is 0 Å². The fourth-order valence-corrected chi connectivity index (χ4v) is 1.42. The van der Waals surface area contributed by atoms with E-state index >= 15 is 0 Å². The Morgan fingerprint density at radius 2 is 2.07 bits per heavy atom. The highest BCUT2D eigenvalue weighted by Gasteiger charge is 2.27. The first-order valence-corrected chi connectivity index (χ1v) is 4.68. The SMILES string of the molecule is C=CCC(F)(F)Cc1ccc(F)cc1C. The predicted octanol–water partition coefficient (Wildman–Crippen LogP) is 3.89. The molecule has 0 aliphatic rings. The minimum Gasteiger partial charge on any atom is -0.207 e. The van der Waals surface area contributed by atoms with Crippen LogP contribution in [0.3, 0.4) is 0 Å². The number of halogens is 3. The zero-order valence-electron chi connectivity index (χ0n) is 8.56. The predicted molar refractivity (Wildman–Crippen MR) is 54.6 cm³/mol. The van der Waals surface area contributed by atoms with Crippen molar-refractivity contribution in [2.75, 3.05) is 0 Å². The molecule has 0 aromatic heterocycles. The summed E-state index contributed by atoms with van der Waals surface area (Å²) in [7, 11) is 0. The molecule has 0 heterocycles. The summed E-state index contributed by atoms with van der Waals surface area (Å²) in [6, 6.07) is 3.87. The summed E-state index contributed by atoms with van der Waals surface area (Å²) < 4.78 is 39.2. The number of rotatable bonds is 4. The average Bonchev–Trinajstić information content (AvgIpc) is 2.09. The van der Waals surface area contributed by atoms with Gasteiger partial charge in [0, 0.05) is 12.8 Å². The summed E-state index contributed by atoms with van der Waals surface area (Å²) in [5.74, 6) is -3.20. The van der Waals surface area contributed by atoms with Gasteiger partial charge in [-0.05, 0) is 30.2 Å². The molecule has 0 aliphatic carbocycles. The van der Waals surface area contributed by atoms with E-state index in [2.05, 4.69) is 6.58 Å². The molecule has 0 N–H and O–H groups in total. The van der Waals surface area contributed by atoms with Crippen molar-refractivity contribution in [3.05, 3.63) is 47.8 Å². The Hall–Kier alpha value is -1.25. The van der Waals surface area contributed by atoms with E-state index in [0.717, 1.165) is 0 Å². The van der Waals surface area contributed by atoms with Gasteiger partial charge in [0.05, 0.1) is 0 Å². The maximum Gasteiger partial charge on any atom is 0.255 e. The van der Waals surface area contributed by atoms with Crippen LogP contribution in [0.2, 0.25) is 0 Å². The first-order chi connectivity index (χ1) is 6.94. The number of allylic oxidation sites excluding steroid dienone is 1. The van der Waals surface area contributed by atoms with Gasteiger partial charge in [0.1, 0.15) is 5.82 Å². The van der Waals surface area contributed by atoms with E-state index in [0.29, 0.717) is 11.1 Å². The van der Waals surface area contributed by atoms with Crippen molar-refractivity contribution >= 4 is 0 Å². The molecule has 0 atom stereocenters. The summed E-state index contributed by atoms with van der Waals surface area (Å²) >= 11 is 0. The number of aryl methyl sites for hydroxylation is 1. The molecule has 1 rings (SSSR count). The molecule has 0 aliphatic heterocycles. The summed E-state index contributed by atoms with van der Waals surface area (Å²) in [6.45, 7) is 4.91. The van der Waals surface area contributed by atoms with Crippen molar-refractivity contribution in [1.29, 1.82) is 0 Å². The van der Waals surface area contributed by atoms with Crippen LogP contribution in [0.4, 0.5) is 13.2 Å². The molecule has 0 saturated heterocycles. The fraction of sp³-hybridized carbons (Fsp3) is 0.333. The fourth-order valence-electron chi connectivity index (χ4n) is 1.42. The van der Waals surface area contributed by atoms with Crippen molar-refractivity contribution in [3.63, 3.8) is 0 Å². The van der Waals surface area contributed by atoms with Crippen molar-refractivity contribution in [1.82, 2.24) is 0 Å². The molecule has 0 radical (unpaired) electrons. The number of hydrogen-bond donors (Lipinski definition) is 0. The Labute approximate surface area is 87.4 Å². The lowest BCUT2D eigenvalue weighted by Gasteiger charge is -2.15. The van der Waals surface area contributed by atoms with E-state index in [-0.39, 0.29) is 12.8 Å². The van der Waals surface area contributed by atoms with Gasteiger partial charge in [0.25, 0.3) is 5.92 Å². The van der Waals surface area contributed by atoms with Gasteiger partial charge in [-0.25, -0.2) is 13.2 Å². The Balaban J connectivity index is 2.84. The second kappa shape index (κ2) is 4.51. The third-order valence-electron chi connectivity index (χ3n) is 2.20. The van der Waals surface area contributed by atoms with Crippen LogP contribution < -0.4 is 0 Å². The average molecular weight is 214 g/mol. The summed E-state index contributed by atoms with van der Waals surface area (Å²) in [6.07, 6.45) is 0.466. The molecule has 0 fully saturated rings. The third kappa shape index (κ3) is 3.42. The first kappa shape index (κ1) is 11.8. The minimum absolute atomic E-state index is 0.357. The van der Waals surface area contributed by atoms with Crippen molar-refractivity contribution in [2.24, 2.45) is 0 Å². The van der Waals surface area contributed by atoms with Gasteiger partial charge < -0.3 is 0 Å². The second-order valence-electron chi connectivity index (χ2n) is 3.60. The number of hydrogen-bond acceptors (Lipinski definition) is 0. The maximum absolute atomic E-state index is 13.2. The first-order valence-electron chi connectivity index (χ1n) is 4.68. The standard InChI is InChI=1S/C12H13F3/c1-3-6-12(14,15)8-10-4-5-11(13)7-9(10)2/h3-5,7H,1,6,8H2,2H3. The van der Waals surface area contributed by atoms with Crippen LogP contribution >= 0.6 is 0 Å². The Bertz CT molecular complexity index is 356.